The van der Waals surface area contributed by atoms with Crippen molar-refractivity contribution in [1.29, 1.82) is 0 Å². The highest BCUT2D eigenvalue weighted by Crippen LogP contribution is 2.29. The van der Waals surface area contributed by atoms with Gasteiger partial charge in [-0.15, -0.1) is 12.4 Å². The summed E-state index contributed by atoms with van der Waals surface area (Å²) in [7, 11) is 0. The molecule has 5 nitrogen and oxygen atoms in total. The minimum absolute atomic E-state index is 0. The first-order valence-corrected chi connectivity index (χ1v) is 7.59. The van der Waals surface area contributed by atoms with Gasteiger partial charge in [0, 0.05) is 31.1 Å². The second-order valence-electron chi connectivity index (χ2n) is 5.43. The lowest BCUT2D eigenvalue weighted by atomic mass is 10.0. The minimum atomic E-state index is -0.388. The number of carbonyl (C=O) groups is 2. The Kier molecular flexibility index (Phi) is 5.67. The molecule has 7 heteroatoms. The van der Waals surface area contributed by atoms with Gasteiger partial charge in [0.05, 0.1) is 6.04 Å². The van der Waals surface area contributed by atoms with Crippen molar-refractivity contribution in [3.63, 3.8) is 0 Å². The number of nitrogens with zero attached hydrogens (tertiary/aromatic N) is 1. The number of carbonyl (C=O) groups excluding carboxylic acids is 2. The fourth-order valence-corrected chi connectivity index (χ4v) is 3.25. The second kappa shape index (κ2) is 7.31. The zero-order chi connectivity index (χ0) is 14.8. The predicted octanol–water partition coefficient (Wildman–Crippen LogP) is 1.51. The Bertz CT molecular complexity index is 567. The molecule has 2 saturated heterocycles. The van der Waals surface area contributed by atoms with Gasteiger partial charge in [-0.1, -0.05) is 29.8 Å². The monoisotopic (exact) mass is 343 g/mol. The fraction of sp³-hybridized carbons (Fsp3) is 0.467. The van der Waals surface area contributed by atoms with Crippen LogP contribution in [0, 0.1) is 0 Å². The summed E-state index contributed by atoms with van der Waals surface area (Å²) >= 11 is 6.27. The zero-order valence-electron chi connectivity index (χ0n) is 12.0. The largest absolute Gasteiger partial charge is 0.344 e. The van der Waals surface area contributed by atoms with Crippen LogP contribution in [0.15, 0.2) is 24.3 Å². The standard InChI is InChI=1S/C15H18ClN3O2.ClH/c16-11-4-2-1-3-10(11)13-9-17-7-8-19(13)15(21)12-5-6-14(20)18-12;/h1-4,12-13,17H,5-9H2,(H,18,20);1H. The lowest BCUT2D eigenvalue weighted by molar-refractivity contribution is -0.137. The maximum atomic E-state index is 12.7. The summed E-state index contributed by atoms with van der Waals surface area (Å²) in [6.45, 7) is 2.06. The van der Waals surface area contributed by atoms with Crippen LogP contribution >= 0.6 is 24.0 Å². The molecule has 2 aliphatic heterocycles. The van der Waals surface area contributed by atoms with Gasteiger partial charge in [0.25, 0.3) is 0 Å². The van der Waals surface area contributed by atoms with Crippen molar-refractivity contribution in [2.75, 3.05) is 19.6 Å². The smallest absolute Gasteiger partial charge is 0.245 e. The third kappa shape index (κ3) is 3.37. The van der Waals surface area contributed by atoms with E-state index in [2.05, 4.69) is 10.6 Å². The molecule has 0 aromatic heterocycles. The second-order valence-corrected chi connectivity index (χ2v) is 5.84. The summed E-state index contributed by atoms with van der Waals surface area (Å²) < 4.78 is 0. The first kappa shape index (κ1) is 17.1. The molecular formula is C15H19Cl2N3O2. The minimum Gasteiger partial charge on any atom is -0.344 e. The number of halogens is 2. The summed E-state index contributed by atoms with van der Waals surface area (Å²) in [5.74, 6) is -0.0509. The van der Waals surface area contributed by atoms with Gasteiger partial charge in [-0.05, 0) is 18.1 Å². The molecule has 0 saturated carbocycles. The molecule has 2 unspecified atom stereocenters. The molecule has 1 aromatic carbocycles. The highest BCUT2D eigenvalue weighted by molar-refractivity contribution is 6.31. The van der Waals surface area contributed by atoms with Crippen LogP contribution in [-0.4, -0.2) is 42.4 Å². The summed E-state index contributed by atoms with van der Waals surface area (Å²) in [4.78, 5) is 25.9. The van der Waals surface area contributed by atoms with Crippen molar-refractivity contribution in [3.8, 4) is 0 Å². The number of piperazine rings is 1. The summed E-state index contributed by atoms with van der Waals surface area (Å²) in [6.07, 6.45) is 1.01. The average molecular weight is 344 g/mol. The Morgan fingerprint density at radius 2 is 2.09 bits per heavy atom. The van der Waals surface area contributed by atoms with Gasteiger partial charge < -0.3 is 15.5 Å². The van der Waals surface area contributed by atoms with Gasteiger partial charge in [-0.2, -0.15) is 0 Å². The molecule has 2 aliphatic rings. The molecule has 0 bridgehead atoms. The predicted molar refractivity (Wildman–Crippen MR) is 87.2 cm³/mol. The van der Waals surface area contributed by atoms with Crippen LogP contribution in [0.2, 0.25) is 5.02 Å². The topological polar surface area (TPSA) is 61.4 Å². The van der Waals surface area contributed by atoms with E-state index in [4.69, 9.17) is 11.6 Å². The number of hydrogen-bond acceptors (Lipinski definition) is 3. The third-order valence-electron chi connectivity index (χ3n) is 4.08. The van der Waals surface area contributed by atoms with E-state index in [1.54, 1.807) is 0 Å². The third-order valence-corrected chi connectivity index (χ3v) is 4.43. The molecule has 22 heavy (non-hydrogen) atoms. The summed E-state index contributed by atoms with van der Waals surface area (Å²) in [6, 6.07) is 7.12. The van der Waals surface area contributed by atoms with E-state index in [1.807, 2.05) is 29.2 Å². The number of nitrogens with one attached hydrogen (secondary N) is 2. The van der Waals surface area contributed by atoms with Crippen LogP contribution in [-0.2, 0) is 9.59 Å². The zero-order valence-corrected chi connectivity index (χ0v) is 13.6. The maximum absolute atomic E-state index is 12.7. The van der Waals surface area contributed by atoms with E-state index in [0.29, 0.717) is 31.0 Å². The maximum Gasteiger partial charge on any atom is 0.245 e. The molecule has 120 valence electrons. The average Bonchev–Trinajstić information content (AvgIpc) is 2.94. The summed E-state index contributed by atoms with van der Waals surface area (Å²) in [5, 5.41) is 6.73. The van der Waals surface area contributed by atoms with Crippen LogP contribution in [0.3, 0.4) is 0 Å². The van der Waals surface area contributed by atoms with Gasteiger partial charge >= 0.3 is 0 Å². The normalized spacial score (nSPS) is 24.6. The number of rotatable bonds is 2. The van der Waals surface area contributed by atoms with Crippen molar-refractivity contribution in [1.82, 2.24) is 15.5 Å². The molecule has 1 aromatic rings. The van der Waals surface area contributed by atoms with Gasteiger partial charge in [0.15, 0.2) is 0 Å². The van der Waals surface area contributed by atoms with Gasteiger partial charge in [-0.3, -0.25) is 9.59 Å². The molecule has 0 spiro atoms. The first-order valence-electron chi connectivity index (χ1n) is 7.22. The molecular weight excluding hydrogens is 325 g/mol. The quantitative estimate of drug-likeness (QED) is 0.855. The van der Waals surface area contributed by atoms with Crippen LogP contribution < -0.4 is 10.6 Å². The Morgan fingerprint density at radius 1 is 1.32 bits per heavy atom. The van der Waals surface area contributed by atoms with Crippen LogP contribution in [0.25, 0.3) is 0 Å². The van der Waals surface area contributed by atoms with E-state index < -0.39 is 0 Å². The van der Waals surface area contributed by atoms with E-state index in [1.165, 1.54) is 0 Å². The molecule has 2 N–H and O–H groups in total. The summed E-state index contributed by atoms with van der Waals surface area (Å²) in [5.41, 5.74) is 0.948. The molecule has 2 heterocycles. The fourth-order valence-electron chi connectivity index (χ4n) is 2.99. The van der Waals surface area contributed by atoms with Gasteiger partial charge in [0.1, 0.15) is 6.04 Å². The van der Waals surface area contributed by atoms with E-state index in [0.717, 1.165) is 12.1 Å². The van der Waals surface area contributed by atoms with Crippen molar-refractivity contribution in [2.24, 2.45) is 0 Å². The number of amides is 2. The van der Waals surface area contributed by atoms with E-state index in [9.17, 15) is 9.59 Å². The Morgan fingerprint density at radius 3 is 2.77 bits per heavy atom. The lowest BCUT2D eigenvalue weighted by Gasteiger charge is -2.38. The van der Waals surface area contributed by atoms with Crippen molar-refractivity contribution in [3.05, 3.63) is 34.9 Å². The van der Waals surface area contributed by atoms with Crippen molar-refractivity contribution in [2.45, 2.75) is 24.9 Å². The highest BCUT2D eigenvalue weighted by Gasteiger charge is 2.36. The number of benzene rings is 1. The number of hydrogen-bond donors (Lipinski definition) is 2. The Labute approximate surface area is 140 Å². The van der Waals surface area contributed by atoms with Crippen molar-refractivity contribution < 1.29 is 9.59 Å². The van der Waals surface area contributed by atoms with E-state index in [-0.39, 0.29) is 36.3 Å². The van der Waals surface area contributed by atoms with Crippen LogP contribution in [0.5, 0.6) is 0 Å². The molecule has 2 fully saturated rings. The first-order chi connectivity index (χ1) is 10.2. The van der Waals surface area contributed by atoms with Crippen LogP contribution in [0.4, 0.5) is 0 Å². The molecule has 2 atom stereocenters. The van der Waals surface area contributed by atoms with Gasteiger partial charge in [-0.25, -0.2) is 0 Å². The molecule has 0 aliphatic carbocycles. The SMILES string of the molecule is Cl.O=C1CCC(C(=O)N2CCNCC2c2ccccc2Cl)N1. The highest BCUT2D eigenvalue weighted by atomic mass is 35.5. The Hall–Kier alpha value is -1.30. The van der Waals surface area contributed by atoms with E-state index >= 15 is 0 Å². The molecule has 3 rings (SSSR count). The van der Waals surface area contributed by atoms with Crippen molar-refractivity contribution >= 4 is 35.8 Å². The molecule has 2 amide bonds. The Balaban J connectivity index is 0.00000176. The lowest BCUT2D eigenvalue weighted by Crippen LogP contribution is -2.53. The molecule has 0 radical (unpaired) electrons. The van der Waals surface area contributed by atoms with Crippen LogP contribution in [0.1, 0.15) is 24.4 Å². The van der Waals surface area contributed by atoms with Gasteiger partial charge in [0.2, 0.25) is 11.8 Å².